The Morgan fingerprint density at radius 2 is 2.09 bits per heavy atom. The molecule has 0 amide bonds. The fraction of sp³-hybridized carbons (Fsp3) is 0.800. The van der Waals surface area contributed by atoms with Gasteiger partial charge in [0.15, 0.2) is 0 Å². The molecule has 0 saturated carbocycles. The lowest BCUT2D eigenvalue weighted by molar-refractivity contribution is -0.312. The smallest absolute Gasteiger partial charge is 0.0266 e. The van der Waals surface area contributed by atoms with Crippen molar-refractivity contribution in [1.29, 1.82) is 0 Å². The van der Waals surface area contributed by atoms with Crippen molar-refractivity contribution in [1.82, 2.24) is 0 Å². The second-order valence-electron chi connectivity index (χ2n) is 3.95. The van der Waals surface area contributed by atoms with Gasteiger partial charge in [-0.25, -0.2) is 0 Å². The van der Waals surface area contributed by atoms with E-state index in [1.807, 2.05) is 0 Å². The maximum atomic E-state index is 11.4. The summed E-state index contributed by atoms with van der Waals surface area (Å²) in [5.41, 5.74) is 1.17. The highest BCUT2D eigenvalue weighted by atomic mass is 16.3. The van der Waals surface area contributed by atoms with Crippen LogP contribution in [0.4, 0.5) is 0 Å². The van der Waals surface area contributed by atoms with E-state index in [1.165, 1.54) is 12.0 Å². The zero-order chi connectivity index (χ0) is 8.43. The Morgan fingerprint density at radius 3 is 2.55 bits per heavy atom. The predicted molar refractivity (Wildman–Crippen MR) is 44.9 cm³/mol. The van der Waals surface area contributed by atoms with E-state index >= 15 is 0 Å². The van der Waals surface area contributed by atoms with Crippen LogP contribution >= 0.6 is 0 Å². The maximum Gasteiger partial charge on any atom is -0.0266 e. The number of allylic oxidation sites excluding steroid dienone is 2. The minimum Gasteiger partial charge on any atom is -0.875 e. The van der Waals surface area contributed by atoms with Crippen molar-refractivity contribution in [2.45, 2.75) is 40.0 Å². The van der Waals surface area contributed by atoms with E-state index in [4.69, 9.17) is 0 Å². The normalized spacial score (nSPS) is 26.4. The lowest BCUT2D eigenvalue weighted by atomic mass is 9.85. The Labute approximate surface area is 69.1 Å². The summed E-state index contributed by atoms with van der Waals surface area (Å²) in [6.45, 7) is 6.39. The monoisotopic (exact) mass is 153 g/mol. The van der Waals surface area contributed by atoms with Gasteiger partial charge in [-0.2, -0.15) is 0 Å². The maximum absolute atomic E-state index is 11.4. The zero-order valence-electron chi connectivity index (χ0n) is 7.68. The molecular formula is C10H17O-. The lowest BCUT2D eigenvalue weighted by Crippen LogP contribution is -2.19. The Bertz CT molecular complexity index is 168. The van der Waals surface area contributed by atoms with Gasteiger partial charge < -0.3 is 5.11 Å². The molecule has 0 radical (unpaired) electrons. The minimum absolute atomic E-state index is 0.416. The molecule has 0 bridgehead atoms. The molecule has 11 heavy (non-hydrogen) atoms. The molecule has 0 N–H and O–H groups in total. The predicted octanol–water partition coefficient (Wildman–Crippen LogP) is 2.08. The van der Waals surface area contributed by atoms with Crippen LogP contribution in [0, 0.1) is 11.8 Å². The average Bonchev–Trinajstić information content (AvgIpc) is 1.85. The second-order valence-corrected chi connectivity index (χ2v) is 3.95. The van der Waals surface area contributed by atoms with Gasteiger partial charge >= 0.3 is 0 Å². The summed E-state index contributed by atoms with van der Waals surface area (Å²) in [5.74, 6) is 1.50. The van der Waals surface area contributed by atoms with E-state index in [0.29, 0.717) is 17.6 Å². The van der Waals surface area contributed by atoms with Gasteiger partial charge in [0.1, 0.15) is 0 Å². The molecule has 1 aliphatic rings. The largest absolute Gasteiger partial charge is 0.875 e. The lowest BCUT2D eigenvalue weighted by Gasteiger charge is -2.30. The third-order valence-corrected chi connectivity index (χ3v) is 2.50. The second kappa shape index (κ2) is 3.29. The summed E-state index contributed by atoms with van der Waals surface area (Å²) in [6.07, 6.45) is 3.03. The molecule has 0 aromatic rings. The van der Waals surface area contributed by atoms with Crippen LogP contribution in [-0.4, -0.2) is 0 Å². The van der Waals surface area contributed by atoms with Crippen LogP contribution in [0.25, 0.3) is 0 Å². The fourth-order valence-electron chi connectivity index (χ4n) is 1.70. The van der Waals surface area contributed by atoms with Crippen LogP contribution in [0.3, 0.4) is 0 Å². The van der Waals surface area contributed by atoms with E-state index in [0.717, 1.165) is 12.8 Å². The molecule has 0 heterocycles. The molecule has 0 spiro atoms. The Kier molecular flexibility index (Phi) is 2.58. The van der Waals surface area contributed by atoms with Crippen molar-refractivity contribution in [3.63, 3.8) is 0 Å². The van der Waals surface area contributed by atoms with Crippen LogP contribution in [0.1, 0.15) is 40.0 Å². The molecule has 1 atom stereocenters. The summed E-state index contributed by atoms with van der Waals surface area (Å²) in [7, 11) is 0. The van der Waals surface area contributed by atoms with Gasteiger partial charge in [-0.3, -0.25) is 0 Å². The molecule has 0 saturated heterocycles. The molecule has 1 aliphatic carbocycles. The van der Waals surface area contributed by atoms with E-state index in [1.54, 1.807) is 0 Å². The molecule has 1 heteroatoms. The number of hydrogen-bond donors (Lipinski definition) is 0. The fourth-order valence-corrected chi connectivity index (χ4v) is 1.70. The van der Waals surface area contributed by atoms with Gasteiger partial charge in [0.05, 0.1) is 0 Å². The van der Waals surface area contributed by atoms with Crippen molar-refractivity contribution in [3.8, 4) is 0 Å². The van der Waals surface area contributed by atoms with Gasteiger partial charge in [-0.1, -0.05) is 26.3 Å². The van der Waals surface area contributed by atoms with Gasteiger partial charge in [0, 0.05) is 0 Å². The van der Waals surface area contributed by atoms with Crippen LogP contribution in [0.5, 0.6) is 0 Å². The van der Waals surface area contributed by atoms with Crippen molar-refractivity contribution in [2.75, 3.05) is 0 Å². The van der Waals surface area contributed by atoms with Crippen LogP contribution < -0.4 is 5.11 Å². The first-order valence-corrected chi connectivity index (χ1v) is 4.50. The van der Waals surface area contributed by atoms with Gasteiger partial charge in [0.2, 0.25) is 0 Å². The quantitative estimate of drug-likeness (QED) is 0.565. The van der Waals surface area contributed by atoms with Crippen molar-refractivity contribution in [3.05, 3.63) is 11.3 Å². The first-order chi connectivity index (χ1) is 5.11. The molecule has 0 unspecified atom stereocenters. The third-order valence-electron chi connectivity index (χ3n) is 2.50. The first kappa shape index (κ1) is 8.63. The number of rotatable bonds is 1. The SMILES string of the molecule is CC(C)C1=C([O-])C[C@H](C)CC1. The summed E-state index contributed by atoms with van der Waals surface area (Å²) in [6, 6.07) is 0. The van der Waals surface area contributed by atoms with Crippen LogP contribution in [0.2, 0.25) is 0 Å². The topological polar surface area (TPSA) is 23.1 Å². The number of hydrogen-bond acceptors (Lipinski definition) is 1. The van der Waals surface area contributed by atoms with Crippen molar-refractivity contribution in [2.24, 2.45) is 11.8 Å². The van der Waals surface area contributed by atoms with E-state index < -0.39 is 0 Å². The standard InChI is InChI=1S/C10H18O/c1-7(2)9-5-4-8(3)6-10(9)11/h7-8,11H,4-6H2,1-3H3/p-1/t8-/m1/s1. The Hall–Kier alpha value is -0.460. The third kappa shape index (κ3) is 1.98. The summed E-state index contributed by atoms with van der Waals surface area (Å²) in [4.78, 5) is 0. The van der Waals surface area contributed by atoms with Gasteiger partial charge in [-0.05, 0) is 31.1 Å². The van der Waals surface area contributed by atoms with E-state index in [2.05, 4.69) is 20.8 Å². The van der Waals surface area contributed by atoms with Crippen LogP contribution in [0.15, 0.2) is 11.3 Å². The molecule has 0 aromatic heterocycles. The summed E-state index contributed by atoms with van der Waals surface area (Å²) >= 11 is 0. The summed E-state index contributed by atoms with van der Waals surface area (Å²) in [5, 5.41) is 11.4. The molecule has 0 aliphatic heterocycles. The molecule has 0 aromatic carbocycles. The highest BCUT2D eigenvalue weighted by Gasteiger charge is 2.13. The minimum atomic E-state index is 0.416. The molecule has 64 valence electrons. The van der Waals surface area contributed by atoms with Crippen molar-refractivity contribution < 1.29 is 5.11 Å². The Morgan fingerprint density at radius 1 is 1.45 bits per heavy atom. The molecule has 0 fully saturated rings. The highest BCUT2D eigenvalue weighted by Crippen LogP contribution is 2.30. The molecular weight excluding hydrogens is 136 g/mol. The molecule has 1 nitrogen and oxygen atoms in total. The van der Waals surface area contributed by atoms with Crippen molar-refractivity contribution >= 4 is 0 Å². The van der Waals surface area contributed by atoms with E-state index in [9.17, 15) is 5.11 Å². The first-order valence-electron chi connectivity index (χ1n) is 4.50. The van der Waals surface area contributed by atoms with Crippen LogP contribution in [-0.2, 0) is 0 Å². The zero-order valence-corrected chi connectivity index (χ0v) is 7.68. The van der Waals surface area contributed by atoms with Gasteiger partial charge in [-0.15, -0.1) is 5.76 Å². The Balaban J connectivity index is 2.70. The molecule has 1 rings (SSSR count). The van der Waals surface area contributed by atoms with E-state index in [-0.39, 0.29) is 0 Å². The van der Waals surface area contributed by atoms with Gasteiger partial charge in [0.25, 0.3) is 0 Å². The average molecular weight is 153 g/mol. The highest BCUT2D eigenvalue weighted by molar-refractivity contribution is 5.12. The summed E-state index contributed by atoms with van der Waals surface area (Å²) < 4.78 is 0.